The number of amides is 2. The van der Waals surface area contributed by atoms with E-state index in [0.29, 0.717) is 0 Å². The van der Waals surface area contributed by atoms with Crippen LogP contribution in [0, 0.1) is 0 Å². The van der Waals surface area contributed by atoms with Gasteiger partial charge < -0.3 is 16.0 Å². The van der Waals surface area contributed by atoms with Crippen LogP contribution in [0.25, 0.3) is 0 Å². The zero-order valence-electron chi connectivity index (χ0n) is 9.54. The van der Waals surface area contributed by atoms with Crippen molar-refractivity contribution in [1.82, 2.24) is 10.2 Å². The van der Waals surface area contributed by atoms with Gasteiger partial charge in [0.05, 0.1) is 12.1 Å². The number of hydrogen-bond donors (Lipinski definition) is 2. The zero-order valence-corrected chi connectivity index (χ0v) is 9.54. The largest absolute Gasteiger partial charge is 0.352 e. The number of hydrogen-bond acceptors (Lipinski definition) is 3. The van der Waals surface area contributed by atoms with E-state index in [4.69, 9.17) is 5.73 Å². The number of rotatable bonds is 4. The third-order valence-electron chi connectivity index (χ3n) is 2.39. The molecule has 1 aliphatic carbocycles. The normalized spacial score (nSPS) is 17.4. The first-order chi connectivity index (χ1) is 6.85. The summed E-state index contributed by atoms with van der Waals surface area (Å²) in [5.41, 5.74) is 5.06. The molecule has 5 heteroatoms. The fourth-order valence-electron chi connectivity index (χ4n) is 1.38. The highest BCUT2D eigenvalue weighted by Crippen LogP contribution is 2.33. The molecule has 0 radical (unpaired) electrons. The van der Waals surface area contributed by atoms with Crippen molar-refractivity contribution in [2.75, 3.05) is 13.6 Å². The molecule has 1 saturated carbocycles. The molecule has 0 aromatic heterocycles. The Morgan fingerprint density at radius 2 is 2.00 bits per heavy atom. The average Bonchev–Trinajstić information content (AvgIpc) is 2.81. The van der Waals surface area contributed by atoms with Crippen LogP contribution in [0.4, 0.5) is 0 Å². The van der Waals surface area contributed by atoms with Crippen LogP contribution in [0.1, 0.15) is 26.7 Å². The van der Waals surface area contributed by atoms with Crippen molar-refractivity contribution in [3.63, 3.8) is 0 Å². The van der Waals surface area contributed by atoms with Crippen molar-refractivity contribution >= 4 is 11.8 Å². The minimum absolute atomic E-state index is 0.0793. The first-order valence-corrected chi connectivity index (χ1v) is 5.19. The van der Waals surface area contributed by atoms with Gasteiger partial charge in [-0.2, -0.15) is 0 Å². The minimum Gasteiger partial charge on any atom is -0.352 e. The first kappa shape index (κ1) is 12.0. The lowest BCUT2D eigenvalue weighted by atomic mass is 10.2. The molecule has 0 aromatic carbocycles. The molecule has 0 atom stereocenters. The topological polar surface area (TPSA) is 75.4 Å². The lowest BCUT2D eigenvalue weighted by Gasteiger charge is -2.20. The smallest absolute Gasteiger partial charge is 0.242 e. The van der Waals surface area contributed by atoms with Crippen LogP contribution in [0.3, 0.4) is 0 Å². The lowest BCUT2D eigenvalue weighted by Crippen LogP contribution is -2.48. The maximum Gasteiger partial charge on any atom is 0.242 e. The molecule has 0 aromatic rings. The van der Waals surface area contributed by atoms with Gasteiger partial charge in [0.1, 0.15) is 0 Å². The van der Waals surface area contributed by atoms with E-state index >= 15 is 0 Å². The maximum absolute atomic E-state index is 11.7. The average molecular weight is 213 g/mol. The maximum atomic E-state index is 11.7. The van der Waals surface area contributed by atoms with Crippen molar-refractivity contribution in [3.05, 3.63) is 0 Å². The Labute approximate surface area is 90.0 Å². The second-order valence-electron chi connectivity index (χ2n) is 4.54. The van der Waals surface area contributed by atoms with Gasteiger partial charge in [0, 0.05) is 13.1 Å². The van der Waals surface area contributed by atoms with Crippen LogP contribution in [-0.4, -0.2) is 41.9 Å². The van der Waals surface area contributed by atoms with E-state index in [1.807, 2.05) is 13.8 Å². The van der Waals surface area contributed by atoms with Crippen LogP contribution in [0.15, 0.2) is 0 Å². The summed E-state index contributed by atoms with van der Waals surface area (Å²) >= 11 is 0. The Hall–Kier alpha value is -1.10. The van der Waals surface area contributed by atoms with Gasteiger partial charge in [-0.15, -0.1) is 0 Å². The van der Waals surface area contributed by atoms with E-state index < -0.39 is 5.54 Å². The SMILES string of the molecule is CC(C)NC(=O)CN(C)C(=O)C1(N)CC1. The van der Waals surface area contributed by atoms with Crippen molar-refractivity contribution < 1.29 is 9.59 Å². The summed E-state index contributed by atoms with van der Waals surface area (Å²) in [5.74, 6) is -0.286. The molecule has 0 aliphatic heterocycles. The first-order valence-electron chi connectivity index (χ1n) is 5.19. The van der Waals surface area contributed by atoms with Crippen LogP contribution < -0.4 is 11.1 Å². The zero-order chi connectivity index (χ0) is 11.6. The Kier molecular flexibility index (Phi) is 3.34. The minimum atomic E-state index is -0.688. The van der Waals surface area contributed by atoms with Gasteiger partial charge in [0.15, 0.2) is 0 Å². The molecule has 1 aliphatic rings. The van der Waals surface area contributed by atoms with Crippen molar-refractivity contribution in [2.45, 2.75) is 38.3 Å². The number of carbonyl (C=O) groups excluding carboxylic acids is 2. The second kappa shape index (κ2) is 4.18. The summed E-state index contributed by atoms with van der Waals surface area (Å²) < 4.78 is 0. The standard InChI is InChI=1S/C10H19N3O2/c1-7(2)12-8(14)6-13(3)9(15)10(11)4-5-10/h7H,4-6,11H2,1-3H3,(H,12,14). The lowest BCUT2D eigenvalue weighted by molar-refractivity contribution is -0.136. The molecular weight excluding hydrogens is 194 g/mol. The molecule has 0 spiro atoms. The third kappa shape index (κ3) is 3.20. The number of carbonyl (C=O) groups is 2. The molecule has 0 bridgehead atoms. The highest BCUT2D eigenvalue weighted by atomic mass is 16.2. The Morgan fingerprint density at radius 1 is 1.47 bits per heavy atom. The molecule has 3 N–H and O–H groups in total. The number of nitrogens with one attached hydrogen (secondary N) is 1. The van der Waals surface area contributed by atoms with Crippen LogP contribution in [0.2, 0.25) is 0 Å². The summed E-state index contributed by atoms with van der Waals surface area (Å²) in [5, 5.41) is 2.73. The van der Waals surface area contributed by atoms with E-state index in [1.54, 1.807) is 7.05 Å². The second-order valence-corrected chi connectivity index (χ2v) is 4.54. The summed E-state index contributed by atoms with van der Waals surface area (Å²) in [6.07, 6.45) is 1.45. The van der Waals surface area contributed by atoms with E-state index in [1.165, 1.54) is 4.90 Å². The van der Waals surface area contributed by atoms with Crippen LogP contribution >= 0.6 is 0 Å². The van der Waals surface area contributed by atoms with Crippen LogP contribution in [0.5, 0.6) is 0 Å². The van der Waals surface area contributed by atoms with E-state index in [-0.39, 0.29) is 24.4 Å². The van der Waals surface area contributed by atoms with Gasteiger partial charge in [0.25, 0.3) is 0 Å². The molecule has 86 valence electrons. The fraction of sp³-hybridized carbons (Fsp3) is 0.800. The molecule has 5 nitrogen and oxygen atoms in total. The molecule has 0 saturated heterocycles. The van der Waals surface area contributed by atoms with Crippen molar-refractivity contribution in [3.8, 4) is 0 Å². The van der Waals surface area contributed by atoms with E-state index in [9.17, 15) is 9.59 Å². The van der Waals surface area contributed by atoms with E-state index in [2.05, 4.69) is 5.32 Å². The van der Waals surface area contributed by atoms with Gasteiger partial charge in [-0.3, -0.25) is 9.59 Å². The molecule has 0 unspecified atom stereocenters. The summed E-state index contributed by atoms with van der Waals surface area (Å²) in [4.78, 5) is 24.4. The Bertz CT molecular complexity index is 272. The number of nitrogens with zero attached hydrogens (tertiary/aromatic N) is 1. The van der Waals surface area contributed by atoms with Gasteiger partial charge in [0.2, 0.25) is 11.8 Å². The third-order valence-corrected chi connectivity index (χ3v) is 2.39. The molecule has 2 amide bonds. The quantitative estimate of drug-likeness (QED) is 0.658. The fourth-order valence-corrected chi connectivity index (χ4v) is 1.38. The summed E-state index contributed by atoms with van der Waals surface area (Å²) in [6.45, 7) is 3.84. The Balaban J connectivity index is 2.38. The van der Waals surface area contributed by atoms with Gasteiger partial charge >= 0.3 is 0 Å². The molecular formula is C10H19N3O2. The highest BCUT2D eigenvalue weighted by molar-refractivity contribution is 5.92. The van der Waals surface area contributed by atoms with Crippen LogP contribution in [-0.2, 0) is 9.59 Å². The van der Waals surface area contributed by atoms with E-state index in [0.717, 1.165) is 12.8 Å². The number of likely N-dealkylation sites (N-methyl/N-ethyl adjacent to an activating group) is 1. The van der Waals surface area contributed by atoms with Crippen molar-refractivity contribution in [2.24, 2.45) is 5.73 Å². The summed E-state index contributed by atoms with van der Waals surface area (Å²) in [7, 11) is 1.61. The predicted octanol–water partition coefficient (Wildman–Crippen LogP) is -0.539. The molecule has 1 fully saturated rings. The predicted molar refractivity (Wildman–Crippen MR) is 57.1 cm³/mol. The molecule has 0 heterocycles. The van der Waals surface area contributed by atoms with Crippen molar-refractivity contribution in [1.29, 1.82) is 0 Å². The number of nitrogens with two attached hydrogens (primary N) is 1. The van der Waals surface area contributed by atoms with Gasteiger partial charge in [-0.1, -0.05) is 0 Å². The molecule has 15 heavy (non-hydrogen) atoms. The van der Waals surface area contributed by atoms with Gasteiger partial charge in [-0.05, 0) is 26.7 Å². The molecule has 1 rings (SSSR count). The monoisotopic (exact) mass is 213 g/mol. The highest BCUT2D eigenvalue weighted by Gasteiger charge is 2.47. The Morgan fingerprint density at radius 3 is 2.40 bits per heavy atom. The van der Waals surface area contributed by atoms with Gasteiger partial charge in [-0.25, -0.2) is 0 Å². The summed E-state index contributed by atoms with van der Waals surface area (Å²) in [6, 6.07) is 0.0914.